The van der Waals surface area contributed by atoms with E-state index in [1.54, 1.807) is 18.3 Å². The summed E-state index contributed by atoms with van der Waals surface area (Å²) in [5, 5.41) is 17.9. The number of aromatic nitrogens is 1. The van der Waals surface area contributed by atoms with Crippen LogP contribution >= 0.6 is 0 Å². The van der Waals surface area contributed by atoms with Crippen LogP contribution in [0.5, 0.6) is 0 Å². The fourth-order valence-electron chi connectivity index (χ4n) is 1.67. The molecule has 0 amide bonds. The summed E-state index contributed by atoms with van der Waals surface area (Å²) in [7, 11) is 0. The van der Waals surface area contributed by atoms with Crippen molar-refractivity contribution in [3.05, 3.63) is 23.9 Å². The molecule has 1 fully saturated rings. The van der Waals surface area contributed by atoms with E-state index >= 15 is 0 Å². The lowest BCUT2D eigenvalue weighted by atomic mass is 10.2. The van der Waals surface area contributed by atoms with Crippen LogP contribution < -0.4 is 4.90 Å². The molecule has 1 heterocycles. The minimum absolute atomic E-state index is 0.0952. The van der Waals surface area contributed by atoms with Gasteiger partial charge in [-0.1, -0.05) is 0 Å². The van der Waals surface area contributed by atoms with Crippen molar-refractivity contribution in [3.63, 3.8) is 0 Å². The third-order valence-corrected chi connectivity index (χ3v) is 2.51. The molecule has 1 aliphatic carbocycles. The van der Waals surface area contributed by atoms with E-state index < -0.39 is 0 Å². The van der Waals surface area contributed by atoms with Gasteiger partial charge in [-0.3, -0.25) is 0 Å². The van der Waals surface area contributed by atoms with E-state index in [1.165, 1.54) is 0 Å². The van der Waals surface area contributed by atoms with Gasteiger partial charge < -0.3 is 10.0 Å². The number of rotatable bonds is 4. The number of hydrogen-bond donors (Lipinski definition) is 1. The van der Waals surface area contributed by atoms with Crippen LogP contribution in [-0.2, 0) is 0 Å². The highest BCUT2D eigenvalue weighted by Gasteiger charge is 2.30. The second kappa shape index (κ2) is 4.28. The first-order valence-electron chi connectivity index (χ1n) is 5.09. The standard InChI is InChI=1S/C11H13N3O/c12-8-9-2-1-5-13-11(9)14(6-7-15)10-3-4-10/h1-2,5,10,15H,3-4,6-7H2. The topological polar surface area (TPSA) is 60.2 Å². The van der Waals surface area contributed by atoms with Gasteiger partial charge in [0.15, 0.2) is 0 Å². The highest BCUT2D eigenvalue weighted by Crippen LogP contribution is 2.31. The monoisotopic (exact) mass is 203 g/mol. The smallest absolute Gasteiger partial charge is 0.146 e. The molecule has 4 heteroatoms. The Hall–Kier alpha value is -1.60. The molecule has 0 radical (unpaired) electrons. The minimum atomic E-state index is 0.0952. The Balaban J connectivity index is 2.28. The molecule has 0 bridgehead atoms. The van der Waals surface area contributed by atoms with Crippen LogP contribution in [0, 0.1) is 11.3 Å². The van der Waals surface area contributed by atoms with Crippen LogP contribution in [0.4, 0.5) is 5.82 Å². The van der Waals surface area contributed by atoms with Crippen molar-refractivity contribution < 1.29 is 5.11 Å². The number of pyridine rings is 1. The lowest BCUT2D eigenvalue weighted by Crippen LogP contribution is -2.30. The molecule has 1 saturated carbocycles. The van der Waals surface area contributed by atoms with Crippen molar-refractivity contribution in [2.75, 3.05) is 18.1 Å². The molecule has 1 N–H and O–H groups in total. The molecule has 78 valence electrons. The summed E-state index contributed by atoms with van der Waals surface area (Å²) >= 11 is 0. The largest absolute Gasteiger partial charge is 0.395 e. The lowest BCUT2D eigenvalue weighted by molar-refractivity contribution is 0.301. The average molecular weight is 203 g/mol. The van der Waals surface area contributed by atoms with Crippen LogP contribution in [0.2, 0.25) is 0 Å². The Morgan fingerprint density at radius 3 is 3.00 bits per heavy atom. The second-order valence-electron chi connectivity index (χ2n) is 3.63. The maximum atomic E-state index is 8.99. The Kier molecular flexibility index (Phi) is 2.84. The molecule has 4 nitrogen and oxygen atoms in total. The summed E-state index contributed by atoms with van der Waals surface area (Å²) in [5.74, 6) is 0.705. The summed E-state index contributed by atoms with van der Waals surface area (Å²) in [6.45, 7) is 0.647. The van der Waals surface area contributed by atoms with Crippen LogP contribution in [-0.4, -0.2) is 29.3 Å². The van der Waals surface area contributed by atoms with Gasteiger partial charge in [0.25, 0.3) is 0 Å². The summed E-state index contributed by atoms with van der Waals surface area (Å²) < 4.78 is 0. The molecule has 1 aliphatic rings. The van der Waals surface area contributed by atoms with Gasteiger partial charge >= 0.3 is 0 Å². The van der Waals surface area contributed by atoms with Gasteiger partial charge in [0.2, 0.25) is 0 Å². The first-order chi connectivity index (χ1) is 7.36. The molecule has 1 aromatic heterocycles. The van der Waals surface area contributed by atoms with Crippen LogP contribution in [0.3, 0.4) is 0 Å². The van der Waals surface area contributed by atoms with Crippen LogP contribution in [0.15, 0.2) is 18.3 Å². The molecule has 15 heavy (non-hydrogen) atoms. The molecule has 0 spiro atoms. The zero-order chi connectivity index (χ0) is 10.7. The molecule has 1 aromatic rings. The van der Waals surface area contributed by atoms with Crippen LogP contribution in [0.1, 0.15) is 18.4 Å². The third kappa shape index (κ3) is 2.08. The number of aliphatic hydroxyl groups is 1. The van der Waals surface area contributed by atoms with Gasteiger partial charge in [-0.05, 0) is 25.0 Å². The molecular formula is C11H13N3O. The summed E-state index contributed by atoms with van der Waals surface area (Å²) in [6.07, 6.45) is 3.94. The second-order valence-corrected chi connectivity index (χ2v) is 3.63. The van der Waals surface area contributed by atoms with Gasteiger partial charge in [-0.15, -0.1) is 0 Å². The van der Waals surface area contributed by atoms with Crippen molar-refractivity contribution in [1.82, 2.24) is 4.98 Å². The van der Waals surface area contributed by atoms with Crippen LogP contribution in [0.25, 0.3) is 0 Å². The van der Waals surface area contributed by atoms with Crippen molar-refractivity contribution in [2.45, 2.75) is 18.9 Å². The number of hydrogen-bond acceptors (Lipinski definition) is 4. The fourth-order valence-corrected chi connectivity index (χ4v) is 1.67. The van der Waals surface area contributed by atoms with Gasteiger partial charge in [-0.25, -0.2) is 4.98 Å². The molecular weight excluding hydrogens is 190 g/mol. The minimum Gasteiger partial charge on any atom is -0.395 e. The number of nitrogens with zero attached hydrogens (tertiary/aromatic N) is 3. The Bertz CT molecular complexity index is 382. The predicted octanol–water partition coefficient (Wildman–Crippen LogP) is 0.914. The average Bonchev–Trinajstić information content (AvgIpc) is 3.10. The number of nitriles is 1. The quantitative estimate of drug-likeness (QED) is 0.790. The summed E-state index contributed by atoms with van der Waals surface area (Å²) in [4.78, 5) is 6.25. The van der Waals surface area contributed by atoms with Gasteiger partial charge in [-0.2, -0.15) is 5.26 Å². The van der Waals surface area contributed by atoms with E-state index in [2.05, 4.69) is 11.1 Å². The first kappa shape index (κ1) is 9.94. The van der Waals surface area contributed by atoms with E-state index in [1.807, 2.05) is 4.90 Å². The van der Waals surface area contributed by atoms with Crippen molar-refractivity contribution >= 4 is 5.82 Å². The number of aliphatic hydroxyl groups excluding tert-OH is 1. The summed E-state index contributed by atoms with van der Waals surface area (Å²) in [6, 6.07) is 6.10. The normalized spacial score (nSPS) is 14.7. The molecule has 0 aliphatic heterocycles. The zero-order valence-corrected chi connectivity index (χ0v) is 8.43. The lowest BCUT2D eigenvalue weighted by Gasteiger charge is -2.22. The highest BCUT2D eigenvalue weighted by atomic mass is 16.3. The van der Waals surface area contributed by atoms with Crippen molar-refractivity contribution in [1.29, 1.82) is 5.26 Å². The molecule has 0 unspecified atom stereocenters. The van der Waals surface area contributed by atoms with Crippen molar-refractivity contribution in [2.24, 2.45) is 0 Å². The van der Waals surface area contributed by atoms with E-state index in [-0.39, 0.29) is 6.61 Å². The van der Waals surface area contributed by atoms with E-state index in [4.69, 9.17) is 10.4 Å². The number of anilines is 1. The Labute approximate surface area is 88.8 Å². The Morgan fingerprint density at radius 1 is 1.60 bits per heavy atom. The molecule has 0 aromatic carbocycles. The van der Waals surface area contributed by atoms with Gasteiger partial charge in [0, 0.05) is 18.8 Å². The first-order valence-corrected chi connectivity index (χ1v) is 5.09. The van der Waals surface area contributed by atoms with E-state index in [0.717, 1.165) is 12.8 Å². The summed E-state index contributed by atoms with van der Waals surface area (Å²) in [5.41, 5.74) is 0.581. The zero-order valence-electron chi connectivity index (χ0n) is 8.43. The molecule has 2 rings (SSSR count). The maximum absolute atomic E-state index is 8.99. The van der Waals surface area contributed by atoms with Gasteiger partial charge in [0.05, 0.1) is 12.2 Å². The molecule has 0 atom stereocenters. The van der Waals surface area contributed by atoms with E-state index in [9.17, 15) is 0 Å². The predicted molar refractivity (Wildman–Crippen MR) is 56.4 cm³/mol. The van der Waals surface area contributed by atoms with Crippen molar-refractivity contribution in [3.8, 4) is 6.07 Å². The SMILES string of the molecule is N#Cc1cccnc1N(CCO)C1CC1. The fraction of sp³-hybridized carbons (Fsp3) is 0.455. The third-order valence-electron chi connectivity index (χ3n) is 2.51. The van der Waals surface area contributed by atoms with E-state index in [0.29, 0.717) is 24.0 Å². The van der Waals surface area contributed by atoms with Gasteiger partial charge in [0.1, 0.15) is 11.9 Å². The Morgan fingerprint density at radius 2 is 2.40 bits per heavy atom. The molecule has 0 saturated heterocycles. The highest BCUT2D eigenvalue weighted by molar-refractivity contribution is 5.54. The maximum Gasteiger partial charge on any atom is 0.146 e.